The fourth-order valence-corrected chi connectivity index (χ4v) is 3.19. The predicted molar refractivity (Wildman–Crippen MR) is 99.5 cm³/mol. The minimum Gasteiger partial charge on any atom is -0.493 e. The van der Waals surface area contributed by atoms with E-state index >= 15 is 0 Å². The maximum atomic E-state index is 5.35. The van der Waals surface area contributed by atoms with Crippen LogP contribution in [0.25, 0.3) is 0 Å². The van der Waals surface area contributed by atoms with E-state index in [1.807, 2.05) is 31.2 Å². The van der Waals surface area contributed by atoms with Crippen molar-refractivity contribution in [3.8, 4) is 11.5 Å². The number of anilines is 2. The highest BCUT2D eigenvalue weighted by Crippen LogP contribution is 2.28. The molecule has 1 heterocycles. The molecule has 134 valence electrons. The maximum absolute atomic E-state index is 5.35. The Morgan fingerprint density at radius 2 is 1.72 bits per heavy atom. The van der Waals surface area contributed by atoms with Crippen LogP contribution >= 0.6 is 0 Å². The summed E-state index contributed by atoms with van der Waals surface area (Å²) in [6.07, 6.45) is 5.03. The first-order valence-corrected chi connectivity index (χ1v) is 8.75. The molecule has 2 N–H and O–H groups in total. The molecule has 1 aromatic heterocycles. The Bertz CT molecular complexity index is 715. The predicted octanol–water partition coefficient (Wildman–Crippen LogP) is 3.77. The number of rotatable bonds is 7. The lowest BCUT2D eigenvalue weighted by molar-refractivity contribution is 0.354. The van der Waals surface area contributed by atoms with Crippen LogP contribution in [0.4, 0.5) is 11.6 Å². The molecule has 1 fully saturated rings. The van der Waals surface area contributed by atoms with E-state index in [0.29, 0.717) is 12.6 Å². The fourth-order valence-electron chi connectivity index (χ4n) is 3.19. The molecule has 1 aliphatic rings. The lowest BCUT2D eigenvalue weighted by atomic mass is 10.2. The quantitative estimate of drug-likeness (QED) is 0.798. The van der Waals surface area contributed by atoms with E-state index in [0.717, 1.165) is 34.5 Å². The molecule has 0 aliphatic heterocycles. The smallest absolute Gasteiger partial charge is 0.161 e. The Morgan fingerprint density at radius 3 is 2.44 bits per heavy atom. The van der Waals surface area contributed by atoms with Crippen LogP contribution in [0.2, 0.25) is 0 Å². The van der Waals surface area contributed by atoms with Gasteiger partial charge in [0.2, 0.25) is 0 Å². The summed E-state index contributed by atoms with van der Waals surface area (Å²) in [6, 6.07) is 8.41. The van der Waals surface area contributed by atoms with Crippen molar-refractivity contribution in [2.24, 2.45) is 0 Å². The summed E-state index contributed by atoms with van der Waals surface area (Å²) in [5.74, 6) is 3.94. The molecule has 1 aliphatic carbocycles. The van der Waals surface area contributed by atoms with Gasteiger partial charge in [0.1, 0.15) is 17.5 Å². The monoisotopic (exact) mass is 342 g/mol. The van der Waals surface area contributed by atoms with Crippen LogP contribution in [0.3, 0.4) is 0 Å². The second-order valence-corrected chi connectivity index (χ2v) is 6.35. The summed E-state index contributed by atoms with van der Waals surface area (Å²) in [4.78, 5) is 8.99. The van der Waals surface area contributed by atoms with E-state index in [1.54, 1.807) is 14.2 Å². The van der Waals surface area contributed by atoms with E-state index in [4.69, 9.17) is 9.47 Å². The van der Waals surface area contributed by atoms with Crippen molar-refractivity contribution in [1.82, 2.24) is 9.97 Å². The summed E-state index contributed by atoms with van der Waals surface area (Å²) in [7, 11) is 3.28. The summed E-state index contributed by atoms with van der Waals surface area (Å²) >= 11 is 0. The van der Waals surface area contributed by atoms with Gasteiger partial charge in [0.25, 0.3) is 0 Å². The molecule has 3 rings (SSSR count). The third kappa shape index (κ3) is 4.53. The molecule has 0 bridgehead atoms. The lowest BCUT2D eigenvalue weighted by Gasteiger charge is -2.15. The Kier molecular flexibility index (Phi) is 5.58. The number of hydrogen-bond donors (Lipinski definition) is 2. The van der Waals surface area contributed by atoms with Gasteiger partial charge in [-0.1, -0.05) is 18.9 Å². The van der Waals surface area contributed by atoms with Gasteiger partial charge in [-0.3, -0.25) is 0 Å². The van der Waals surface area contributed by atoms with Crippen molar-refractivity contribution in [2.75, 3.05) is 24.9 Å². The van der Waals surface area contributed by atoms with E-state index in [-0.39, 0.29) is 0 Å². The topological polar surface area (TPSA) is 68.3 Å². The molecular weight excluding hydrogens is 316 g/mol. The van der Waals surface area contributed by atoms with Crippen LogP contribution in [0.15, 0.2) is 24.3 Å². The molecule has 0 unspecified atom stereocenters. The highest BCUT2D eigenvalue weighted by Gasteiger charge is 2.15. The first kappa shape index (κ1) is 17.3. The van der Waals surface area contributed by atoms with Gasteiger partial charge in [-0.25, -0.2) is 9.97 Å². The van der Waals surface area contributed by atoms with Crippen LogP contribution in [0, 0.1) is 6.92 Å². The number of aromatic nitrogens is 2. The van der Waals surface area contributed by atoms with Gasteiger partial charge in [-0.05, 0) is 37.5 Å². The number of methoxy groups -OCH3 is 2. The van der Waals surface area contributed by atoms with Gasteiger partial charge in [0, 0.05) is 18.7 Å². The van der Waals surface area contributed by atoms with Crippen molar-refractivity contribution >= 4 is 11.6 Å². The van der Waals surface area contributed by atoms with Crippen LogP contribution in [0.5, 0.6) is 11.5 Å². The number of hydrogen-bond acceptors (Lipinski definition) is 6. The normalized spacial score (nSPS) is 14.4. The van der Waals surface area contributed by atoms with E-state index in [1.165, 1.54) is 25.7 Å². The van der Waals surface area contributed by atoms with Crippen molar-refractivity contribution < 1.29 is 9.47 Å². The number of nitrogens with zero attached hydrogens (tertiary/aromatic N) is 2. The lowest BCUT2D eigenvalue weighted by Crippen LogP contribution is -2.16. The van der Waals surface area contributed by atoms with Crippen LogP contribution in [-0.4, -0.2) is 30.2 Å². The maximum Gasteiger partial charge on any atom is 0.161 e. The molecule has 1 saturated carbocycles. The number of ether oxygens (including phenoxy) is 2. The Morgan fingerprint density at radius 1 is 1.00 bits per heavy atom. The van der Waals surface area contributed by atoms with E-state index < -0.39 is 0 Å². The molecule has 0 amide bonds. The second-order valence-electron chi connectivity index (χ2n) is 6.35. The van der Waals surface area contributed by atoms with Gasteiger partial charge in [-0.15, -0.1) is 0 Å². The summed E-state index contributed by atoms with van der Waals surface area (Å²) < 4.78 is 10.6. The average Bonchev–Trinajstić information content (AvgIpc) is 3.12. The molecule has 0 saturated heterocycles. The highest BCUT2D eigenvalue weighted by molar-refractivity contribution is 5.49. The zero-order valence-corrected chi connectivity index (χ0v) is 15.1. The van der Waals surface area contributed by atoms with Crippen LogP contribution in [-0.2, 0) is 6.54 Å². The van der Waals surface area contributed by atoms with E-state index in [2.05, 4.69) is 20.6 Å². The molecule has 0 atom stereocenters. The van der Waals surface area contributed by atoms with Gasteiger partial charge >= 0.3 is 0 Å². The minimum absolute atomic E-state index is 0.535. The second kappa shape index (κ2) is 8.05. The van der Waals surface area contributed by atoms with Gasteiger partial charge in [0.05, 0.1) is 14.2 Å². The number of aryl methyl sites for hydroxylation is 1. The molecule has 6 nitrogen and oxygen atoms in total. The van der Waals surface area contributed by atoms with Gasteiger partial charge < -0.3 is 20.1 Å². The summed E-state index contributed by atoms with van der Waals surface area (Å²) in [6.45, 7) is 2.57. The first-order chi connectivity index (χ1) is 12.2. The standard InChI is InChI=1S/C19H26N4O2/c1-13-21-18(11-19(22-13)23-15-6-4-5-7-15)20-12-14-8-9-16(24-2)17(10-14)25-3/h8-11,15H,4-7,12H2,1-3H3,(H2,20,21,22,23). The van der Waals surface area contributed by atoms with Gasteiger partial charge in [-0.2, -0.15) is 0 Å². The zero-order chi connectivity index (χ0) is 17.6. The fraction of sp³-hybridized carbons (Fsp3) is 0.474. The highest BCUT2D eigenvalue weighted by atomic mass is 16.5. The molecule has 25 heavy (non-hydrogen) atoms. The summed E-state index contributed by atoms with van der Waals surface area (Å²) in [5, 5.41) is 6.89. The number of benzene rings is 1. The van der Waals surface area contributed by atoms with Crippen molar-refractivity contribution in [2.45, 2.75) is 45.2 Å². The number of nitrogens with one attached hydrogen (secondary N) is 2. The molecular formula is C19H26N4O2. The summed E-state index contributed by atoms with van der Waals surface area (Å²) in [5.41, 5.74) is 1.10. The van der Waals surface area contributed by atoms with Crippen molar-refractivity contribution in [3.63, 3.8) is 0 Å². The first-order valence-electron chi connectivity index (χ1n) is 8.75. The van der Waals surface area contributed by atoms with Crippen molar-refractivity contribution in [1.29, 1.82) is 0 Å². The molecule has 0 radical (unpaired) electrons. The SMILES string of the molecule is COc1ccc(CNc2cc(NC3CCCC3)nc(C)n2)cc1OC. The molecule has 6 heteroatoms. The molecule has 0 spiro atoms. The Balaban J connectivity index is 1.67. The molecule has 1 aromatic carbocycles. The average molecular weight is 342 g/mol. The largest absolute Gasteiger partial charge is 0.493 e. The van der Waals surface area contributed by atoms with Crippen molar-refractivity contribution in [3.05, 3.63) is 35.7 Å². The Labute approximate surface area is 149 Å². The van der Waals surface area contributed by atoms with Gasteiger partial charge in [0.15, 0.2) is 11.5 Å². The van der Waals surface area contributed by atoms with E-state index in [9.17, 15) is 0 Å². The Hall–Kier alpha value is -2.50. The van der Waals surface area contributed by atoms with Crippen LogP contribution < -0.4 is 20.1 Å². The minimum atomic E-state index is 0.535. The third-order valence-electron chi connectivity index (χ3n) is 4.47. The molecule has 2 aromatic rings. The third-order valence-corrected chi connectivity index (χ3v) is 4.47. The van der Waals surface area contributed by atoms with Crippen LogP contribution in [0.1, 0.15) is 37.1 Å². The zero-order valence-electron chi connectivity index (χ0n) is 15.1.